The Kier molecular flexibility index (Phi) is 5.83. The third-order valence-corrected chi connectivity index (χ3v) is 2.86. The molecule has 1 unspecified atom stereocenters. The smallest absolute Gasteiger partial charge is 0.165 e. The molecule has 1 aromatic heterocycles. The van der Waals surface area contributed by atoms with E-state index in [1.165, 1.54) is 25.3 Å². The first-order valence-corrected chi connectivity index (χ1v) is 6.12. The molecule has 0 radical (unpaired) electrons. The van der Waals surface area contributed by atoms with E-state index >= 15 is 0 Å². The van der Waals surface area contributed by atoms with Crippen molar-refractivity contribution in [3.8, 4) is 0 Å². The van der Waals surface area contributed by atoms with E-state index in [9.17, 15) is 4.39 Å². The van der Waals surface area contributed by atoms with Gasteiger partial charge in [-0.3, -0.25) is 0 Å². The average Bonchev–Trinajstić information content (AvgIpc) is 2.31. The highest BCUT2D eigenvalue weighted by atomic mass is 19.1. The van der Waals surface area contributed by atoms with Gasteiger partial charge >= 0.3 is 0 Å². The minimum atomic E-state index is -0.271. The Morgan fingerprint density at radius 3 is 2.88 bits per heavy atom. The second-order valence-corrected chi connectivity index (χ2v) is 4.13. The van der Waals surface area contributed by atoms with Crippen molar-refractivity contribution in [3.63, 3.8) is 0 Å². The molecule has 0 saturated heterocycles. The van der Waals surface area contributed by atoms with Crippen LogP contribution in [0.15, 0.2) is 18.3 Å². The lowest BCUT2D eigenvalue weighted by atomic mass is 9.99. The largest absolute Gasteiger partial charge is 0.367 e. The number of anilines is 1. The first-order valence-electron chi connectivity index (χ1n) is 6.12. The van der Waals surface area contributed by atoms with Crippen LogP contribution >= 0.6 is 0 Å². The van der Waals surface area contributed by atoms with Crippen LogP contribution in [0.2, 0.25) is 0 Å². The van der Waals surface area contributed by atoms with Gasteiger partial charge in [0.15, 0.2) is 11.6 Å². The quantitative estimate of drug-likeness (QED) is 0.761. The summed E-state index contributed by atoms with van der Waals surface area (Å²) in [6.07, 6.45) is 6.40. The summed E-state index contributed by atoms with van der Waals surface area (Å²) >= 11 is 0. The van der Waals surface area contributed by atoms with Crippen molar-refractivity contribution in [1.29, 1.82) is 0 Å². The first kappa shape index (κ1) is 12.9. The van der Waals surface area contributed by atoms with Crippen LogP contribution in [0.3, 0.4) is 0 Å². The molecule has 0 aliphatic heterocycles. The minimum absolute atomic E-state index is 0.271. The average molecular weight is 224 g/mol. The number of unbranched alkanes of at least 4 members (excludes halogenated alkanes) is 1. The number of hydrogen-bond donors (Lipinski definition) is 1. The lowest BCUT2D eigenvalue weighted by Crippen LogP contribution is -2.15. The maximum atomic E-state index is 13.3. The molecule has 3 heteroatoms. The van der Waals surface area contributed by atoms with Gasteiger partial charge in [0.1, 0.15) is 0 Å². The van der Waals surface area contributed by atoms with E-state index in [1.54, 1.807) is 12.3 Å². The molecule has 1 aromatic rings. The molecule has 90 valence electrons. The molecule has 1 atom stereocenters. The zero-order valence-electron chi connectivity index (χ0n) is 10.2. The highest BCUT2D eigenvalue weighted by Crippen LogP contribution is 2.15. The lowest BCUT2D eigenvalue weighted by molar-refractivity contribution is 0.471. The molecule has 0 aliphatic carbocycles. The van der Waals surface area contributed by atoms with E-state index in [1.807, 2.05) is 0 Å². The van der Waals surface area contributed by atoms with Crippen LogP contribution in [0.4, 0.5) is 10.2 Å². The van der Waals surface area contributed by atoms with Gasteiger partial charge in [0.2, 0.25) is 0 Å². The summed E-state index contributed by atoms with van der Waals surface area (Å²) in [4.78, 5) is 3.98. The topological polar surface area (TPSA) is 24.9 Å². The number of halogens is 1. The van der Waals surface area contributed by atoms with Crippen molar-refractivity contribution in [2.45, 2.75) is 39.5 Å². The van der Waals surface area contributed by atoms with Crippen molar-refractivity contribution in [3.05, 3.63) is 24.1 Å². The molecule has 0 fully saturated rings. The molecule has 0 saturated carbocycles. The number of rotatable bonds is 7. The molecule has 0 aromatic carbocycles. The van der Waals surface area contributed by atoms with Crippen LogP contribution in [-0.2, 0) is 0 Å². The minimum Gasteiger partial charge on any atom is -0.367 e. The van der Waals surface area contributed by atoms with Gasteiger partial charge in [0.05, 0.1) is 0 Å². The molecule has 1 N–H and O–H groups in total. The summed E-state index contributed by atoms with van der Waals surface area (Å²) in [5.41, 5.74) is 0. The van der Waals surface area contributed by atoms with E-state index in [0.717, 1.165) is 13.0 Å². The monoisotopic (exact) mass is 224 g/mol. The van der Waals surface area contributed by atoms with Crippen LogP contribution < -0.4 is 5.32 Å². The second-order valence-electron chi connectivity index (χ2n) is 4.13. The van der Waals surface area contributed by atoms with Gasteiger partial charge in [-0.15, -0.1) is 0 Å². The van der Waals surface area contributed by atoms with Gasteiger partial charge in [0.25, 0.3) is 0 Å². The Hall–Kier alpha value is -1.12. The van der Waals surface area contributed by atoms with Gasteiger partial charge in [-0.1, -0.05) is 33.1 Å². The van der Waals surface area contributed by atoms with Crippen molar-refractivity contribution < 1.29 is 4.39 Å². The van der Waals surface area contributed by atoms with E-state index in [2.05, 4.69) is 24.1 Å². The van der Waals surface area contributed by atoms with E-state index < -0.39 is 0 Å². The van der Waals surface area contributed by atoms with Crippen molar-refractivity contribution in [2.24, 2.45) is 5.92 Å². The summed E-state index contributed by atoms with van der Waals surface area (Å²) in [5, 5.41) is 3.09. The Bertz CT molecular complexity index is 302. The lowest BCUT2D eigenvalue weighted by Gasteiger charge is -2.15. The number of hydrogen-bond acceptors (Lipinski definition) is 2. The normalized spacial score (nSPS) is 12.4. The third-order valence-electron chi connectivity index (χ3n) is 2.86. The Morgan fingerprint density at radius 2 is 2.25 bits per heavy atom. The third kappa shape index (κ3) is 4.17. The molecule has 0 spiro atoms. The zero-order chi connectivity index (χ0) is 11.8. The summed E-state index contributed by atoms with van der Waals surface area (Å²) in [6, 6.07) is 3.04. The number of pyridine rings is 1. The van der Waals surface area contributed by atoms with Crippen LogP contribution in [0.25, 0.3) is 0 Å². The SMILES string of the molecule is CCCCC(CC)CNc1ncccc1F. The van der Waals surface area contributed by atoms with Crippen LogP contribution in [-0.4, -0.2) is 11.5 Å². The predicted molar refractivity (Wildman–Crippen MR) is 66.0 cm³/mol. The highest BCUT2D eigenvalue weighted by Gasteiger charge is 2.07. The van der Waals surface area contributed by atoms with Crippen LogP contribution in [0.5, 0.6) is 0 Å². The molecular weight excluding hydrogens is 203 g/mol. The maximum Gasteiger partial charge on any atom is 0.165 e. The Morgan fingerprint density at radius 1 is 1.44 bits per heavy atom. The standard InChI is InChI=1S/C13H21FN2/c1-3-5-7-11(4-2)10-16-13-12(14)8-6-9-15-13/h6,8-9,11H,3-5,7,10H2,1-2H3,(H,15,16). The number of aromatic nitrogens is 1. The van der Waals surface area contributed by atoms with Crippen molar-refractivity contribution in [2.75, 3.05) is 11.9 Å². The van der Waals surface area contributed by atoms with Crippen molar-refractivity contribution >= 4 is 5.82 Å². The maximum absolute atomic E-state index is 13.3. The van der Waals surface area contributed by atoms with E-state index in [4.69, 9.17) is 0 Å². The van der Waals surface area contributed by atoms with Crippen molar-refractivity contribution in [1.82, 2.24) is 4.98 Å². The zero-order valence-corrected chi connectivity index (χ0v) is 10.2. The van der Waals surface area contributed by atoms with E-state index in [0.29, 0.717) is 11.7 Å². The van der Waals surface area contributed by atoms with Gasteiger partial charge < -0.3 is 5.32 Å². The summed E-state index contributed by atoms with van der Waals surface area (Å²) in [5.74, 6) is 0.714. The highest BCUT2D eigenvalue weighted by molar-refractivity contribution is 5.35. The molecule has 0 aliphatic rings. The number of nitrogens with one attached hydrogen (secondary N) is 1. The summed E-state index contributed by atoms with van der Waals surface area (Å²) in [6.45, 7) is 5.18. The van der Waals surface area contributed by atoms with Gasteiger partial charge in [-0.2, -0.15) is 0 Å². The predicted octanol–water partition coefficient (Wildman–Crippen LogP) is 3.85. The molecular formula is C13H21FN2. The summed E-state index contributed by atoms with van der Waals surface area (Å²) < 4.78 is 13.3. The fourth-order valence-electron chi connectivity index (χ4n) is 1.70. The van der Waals surface area contributed by atoms with Crippen LogP contribution in [0, 0.1) is 11.7 Å². The molecule has 1 heterocycles. The van der Waals surface area contributed by atoms with E-state index in [-0.39, 0.29) is 5.82 Å². The van der Waals surface area contributed by atoms with Gasteiger partial charge in [-0.05, 0) is 24.5 Å². The Labute approximate surface area is 97.3 Å². The summed E-state index contributed by atoms with van der Waals surface area (Å²) in [7, 11) is 0. The van der Waals surface area contributed by atoms with Crippen LogP contribution in [0.1, 0.15) is 39.5 Å². The first-order chi connectivity index (χ1) is 7.77. The molecule has 0 amide bonds. The molecule has 2 nitrogen and oxygen atoms in total. The second kappa shape index (κ2) is 7.20. The van der Waals surface area contributed by atoms with Gasteiger partial charge in [-0.25, -0.2) is 9.37 Å². The van der Waals surface area contributed by atoms with Gasteiger partial charge in [0, 0.05) is 12.7 Å². The molecule has 1 rings (SSSR count). The fraction of sp³-hybridized carbons (Fsp3) is 0.615. The molecule has 0 bridgehead atoms. The fourth-order valence-corrected chi connectivity index (χ4v) is 1.70. The molecule has 16 heavy (non-hydrogen) atoms. The number of nitrogens with zero attached hydrogens (tertiary/aromatic N) is 1. The Balaban J connectivity index is 2.40.